The molecule has 0 saturated carbocycles. The summed E-state index contributed by atoms with van der Waals surface area (Å²) in [5.74, 6) is -1.07. The molecule has 8 nitrogen and oxygen atoms in total. The molecule has 7 rings (SSSR count). The van der Waals surface area contributed by atoms with Gasteiger partial charge in [-0.25, -0.2) is 4.79 Å². The Balaban J connectivity index is 1.11. The van der Waals surface area contributed by atoms with Crippen LogP contribution in [0.2, 0.25) is 0 Å². The number of ether oxygens (including phenoxy) is 2. The third-order valence-corrected chi connectivity index (χ3v) is 10.5. The largest absolute Gasteiger partial charge is 0.478 e. The van der Waals surface area contributed by atoms with Crippen molar-refractivity contribution in [1.82, 2.24) is 4.90 Å². The highest BCUT2D eigenvalue weighted by molar-refractivity contribution is 7.99. The lowest BCUT2D eigenvalue weighted by Crippen LogP contribution is -2.38. The zero-order valence-electron chi connectivity index (χ0n) is 27.3. The Morgan fingerprint density at radius 2 is 1.40 bits per heavy atom. The number of imide groups is 1. The third-order valence-electron chi connectivity index (χ3n) is 9.31. The van der Waals surface area contributed by atoms with Crippen LogP contribution in [-0.2, 0) is 22.6 Å². The summed E-state index contributed by atoms with van der Waals surface area (Å²) in [7, 11) is 0. The van der Waals surface area contributed by atoms with E-state index < -0.39 is 12.3 Å². The van der Waals surface area contributed by atoms with Crippen LogP contribution in [0, 0.1) is 5.92 Å². The summed E-state index contributed by atoms with van der Waals surface area (Å²) in [5.41, 5.74) is 6.47. The molecule has 2 aliphatic rings. The van der Waals surface area contributed by atoms with Crippen molar-refractivity contribution in [1.29, 1.82) is 0 Å². The Hall–Kier alpha value is -5.06. The predicted molar refractivity (Wildman–Crippen MR) is 190 cm³/mol. The summed E-state index contributed by atoms with van der Waals surface area (Å²) < 4.78 is 13.2. The van der Waals surface area contributed by atoms with Crippen LogP contribution < -0.4 is 0 Å². The van der Waals surface area contributed by atoms with Crippen molar-refractivity contribution in [3.05, 3.63) is 160 Å². The molecule has 2 amide bonds. The molecule has 252 valence electrons. The molecule has 1 fully saturated rings. The monoisotopic (exact) mass is 685 g/mol. The van der Waals surface area contributed by atoms with E-state index in [1.807, 2.05) is 84.9 Å². The van der Waals surface area contributed by atoms with Crippen LogP contribution in [0.1, 0.15) is 72.6 Å². The minimum absolute atomic E-state index is 0.0482. The quantitative estimate of drug-likeness (QED) is 0.113. The molecule has 2 N–H and O–H groups in total. The second-order valence-electron chi connectivity index (χ2n) is 12.5. The minimum atomic E-state index is -0.969. The van der Waals surface area contributed by atoms with Crippen LogP contribution in [-0.4, -0.2) is 44.8 Å². The van der Waals surface area contributed by atoms with Crippen molar-refractivity contribution in [3.63, 3.8) is 0 Å². The maximum atomic E-state index is 12.9. The number of aromatic carboxylic acids is 1. The van der Waals surface area contributed by atoms with Gasteiger partial charge in [-0.3, -0.25) is 14.5 Å². The summed E-state index contributed by atoms with van der Waals surface area (Å²) in [6.45, 7) is 2.21. The summed E-state index contributed by atoms with van der Waals surface area (Å²) in [4.78, 5) is 39.7. The topological polar surface area (TPSA) is 113 Å². The van der Waals surface area contributed by atoms with Crippen LogP contribution in [0.3, 0.4) is 0 Å². The maximum Gasteiger partial charge on any atom is 0.336 e. The number of carboxylic acid groups (broad SMARTS) is 1. The number of rotatable bonds is 10. The first-order valence-electron chi connectivity index (χ1n) is 16.4. The summed E-state index contributed by atoms with van der Waals surface area (Å²) in [6.07, 6.45) is -1.25. The van der Waals surface area contributed by atoms with Crippen molar-refractivity contribution in [3.8, 4) is 11.1 Å². The average Bonchev–Trinajstić information content (AvgIpc) is 3.39. The van der Waals surface area contributed by atoms with Crippen LogP contribution in [0.15, 0.2) is 126 Å². The zero-order chi connectivity index (χ0) is 34.8. The van der Waals surface area contributed by atoms with E-state index in [1.54, 1.807) is 36.4 Å². The number of aliphatic hydroxyl groups is 1. The highest BCUT2D eigenvalue weighted by atomic mass is 32.2. The van der Waals surface area contributed by atoms with Gasteiger partial charge in [-0.2, -0.15) is 0 Å². The van der Waals surface area contributed by atoms with Crippen LogP contribution in [0.25, 0.3) is 11.1 Å². The Labute approximate surface area is 294 Å². The number of carbonyl (C=O) groups excluding carboxylic acids is 2. The Bertz CT molecular complexity index is 2010. The van der Waals surface area contributed by atoms with Gasteiger partial charge in [0.1, 0.15) is 0 Å². The van der Waals surface area contributed by atoms with E-state index in [-0.39, 0.29) is 48.7 Å². The standard InChI is InChI=1S/C41H35NO7S/c1-25-35(24-50-36-12-5-4-11-34(36)40(46)47)48-41(49-37(25)29-15-13-26(23-43)14-16-29)30-19-17-28(18-20-30)31-8-6-7-27(21-31)22-42-38(44)32-9-2-3-10-33(32)39(42)45/h2-21,25,35,37,41,43H,22-24H2,1H3,(H,46,47)/t25-,35+,37+,41+/m0/s1. The molecule has 2 heterocycles. The van der Waals surface area contributed by atoms with Gasteiger partial charge >= 0.3 is 5.97 Å². The number of hydrogen-bond acceptors (Lipinski definition) is 7. The molecule has 0 aliphatic carbocycles. The van der Waals surface area contributed by atoms with E-state index in [9.17, 15) is 24.6 Å². The van der Waals surface area contributed by atoms with Gasteiger partial charge in [0, 0.05) is 22.1 Å². The van der Waals surface area contributed by atoms with Crippen molar-refractivity contribution < 1.29 is 34.1 Å². The average molecular weight is 686 g/mol. The van der Waals surface area contributed by atoms with E-state index in [0.717, 1.165) is 33.4 Å². The smallest absolute Gasteiger partial charge is 0.336 e. The second-order valence-corrected chi connectivity index (χ2v) is 13.6. The molecule has 0 unspecified atom stereocenters. The molecule has 9 heteroatoms. The fourth-order valence-electron chi connectivity index (χ4n) is 6.50. The van der Waals surface area contributed by atoms with E-state index in [0.29, 0.717) is 21.8 Å². The summed E-state index contributed by atoms with van der Waals surface area (Å²) >= 11 is 1.46. The Morgan fingerprint density at radius 1 is 0.740 bits per heavy atom. The maximum absolute atomic E-state index is 12.9. The number of hydrogen-bond donors (Lipinski definition) is 2. The molecule has 5 aromatic carbocycles. The van der Waals surface area contributed by atoms with Crippen molar-refractivity contribution >= 4 is 29.5 Å². The Morgan fingerprint density at radius 3 is 2.08 bits per heavy atom. The molecular formula is C41H35NO7S. The second kappa shape index (κ2) is 14.4. The normalized spacial score (nSPS) is 20.2. The van der Waals surface area contributed by atoms with E-state index in [2.05, 4.69) is 6.92 Å². The molecule has 0 spiro atoms. The number of amides is 2. The molecule has 5 aromatic rings. The number of fused-ring (bicyclic) bond motifs is 1. The lowest BCUT2D eigenvalue weighted by atomic mass is 9.91. The fourth-order valence-corrected chi connectivity index (χ4v) is 7.71. The number of benzene rings is 5. The molecule has 0 radical (unpaired) electrons. The SMILES string of the molecule is C[C@H]1[C@@H](CSc2ccccc2C(=O)O)O[C@@H](c2ccc(-c3cccc(CN4C(=O)c5ccccc5C4=O)c3)cc2)O[C@H]1c1ccc(CO)cc1. The van der Waals surface area contributed by atoms with Gasteiger partial charge in [0.25, 0.3) is 11.8 Å². The molecule has 1 saturated heterocycles. The number of carbonyl (C=O) groups is 3. The van der Waals surface area contributed by atoms with Gasteiger partial charge in [-0.15, -0.1) is 11.8 Å². The summed E-state index contributed by atoms with van der Waals surface area (Å²) in [5, 5.41) is 19.3. The predicted octanol–water partition coefficient (Wildman–Crippen LogP) is 7.92. The van der Waals surface area contributed by atoms with Gasteiger partial charge in [-0.1, -0.05) is 97.9 Å². The van der Waals surface area contributed by atoms with Gasteiger partial charge in [0.15, 0.2) is 6.29 Å². The van der Waals surface area contributed by atoms with E-state index in [1.165, 1.54) is 16.7 Å². The number of nitrogens with zero attached hydrogens (tertiary/aromatic N) is 1. The van der Waals surface area contributed by atoms with Crippen LogP contribution >= 0.6 is 11.8 Å². The number of carboxylic acids is 1. The zero-order valence-corrected chi connectivity index (χ0v) is 28.1. The first-order chi connectivity index (χ1) is 24.3. The first kappa shape index (κ1) is 33.4. The Kier molecular flexibility index (Phi) is 9.65. The molecule has 2 aliphatic heterocycles. The lowest BCUT2D eigenvalue weighted by Gasteiger charge is -2.41. The van der Waals surface area contributed by atoms with E-state index in [4.69, 9.17) is 9.47 Å². The number of thioether (sulfide) groups is 1. The molecule has 0 aromatic heterocycles. The molecule has 4 atom stereocenters. The van der Waals surface area contributed by atoms with Gasteiger partial charge in [-0.05, 0) is 58.1 Å². The van der Waals surface area contributed by atoms with Crippen molar-refractivity contribution in [2.45, 2.75) is 43.5 Å². The molecule has 50 heavy (non-hydrogen) atoms. The minimum Gasteiger partial charge on any atom is -0.478 e. The third kappa shape index (κ3) is 6.73. The highest BCUT2D eigenvalue weighted by Crippen LogP contribution is 2.43. The van der Waals surface area contributed by atoms with Gasteiger partial charge in [0.2, 0.25) is 0 Å². The van der Waals surface area contributed by atoms with Gasteiger partial charge in [0.05, 0.1) is 42.0 Å². The van der Waals surface area contributed by atoms with E-state index >= 15 is 0 Å². The number of aliphatic hydroxyl groups excluding tert-OH is 1. The lowest BCUT2D eigenvalue weighted by molar-refractivity contribution is -0.268. The fraction of sp³-hybridized carbons (Fsp3) is 0.195. The molecular weight excluding hydrogens is 651 g/mol. The van der Waals surface area contributed by atoms with Crippen molar-refractivity contribution in [2.24, 2.45) is 5.92 Å². The molecule has 0 bridgehead atoms. The highest BCUT2D eigenvalue weighted by Gasteiger charge is 2.39. The summed E-state index contributed by atoms with van der Waals surface area (Å²) in [6, 6.07) is 37.3. The van der Waals surface area contributed by atoms with Crippen LogP contribution in [0.5, 0.6) is 0 Å². The van der Waals surface area contributed by atoms with Gasteiger partial charge < -0.3 is 19.7 Å². The van der Waals surface area contributed by atoms with Crippen LogP contribution in [0.4, 0.5) is 0 Å². The first-order valence-corrected chi connectivity index (χ1v) is 17.4. The van der Waals surface area contributed by atoms with Crippen molar-refractivity contribution in [2.75, 3.05) is 5.75 Å².